The highest BCUT2D eigenvalue weighted by Crippen LogP contribution is 2.19. The smallest absolute Gasteiger partial charge is 0.117 e. The average molecular weight is 238 g/mol. The Morgan fingerprint density at radius 2 is 2.12 bits per heavy atom. The summed E-state index contributed by atoms with van der Waals surface area (Å²) in [5.74, 6) is 1.77. The SMILES string of the molecule is CCC[C@@H](C)Cc1cnc(SCC)c(C)n1. The van der Waals surface area contributed by atoms with Crippen LogP contribution in [0.3, 0.4) is 0 Å². The van der Waals surface area contributed by atoms with Crippen LogP contribution in [0.25, 0.3) is 0 Å². The van der Waals surface area contributed by atoms with Gasteiger partial charge in [0.2, 0.25) is 0 Å². The first kappa shape index (κ1) is 13.5. The van der Waals surface area contributed by atoms with Crippen LogP contribution in [-0.2, 0) is 6.42 Å². The Kier molecular flexibility index (Phi) is 5.81. The van der Waals surface area contributed by atoms with Gasteiger partial charge in [0.15, 0.2) is 0 Å². The largest absolute Gasteiger partial charge is 0.254 e. The van der Waals surface area contributed by atoms with E-state index in [-0.39, 0.29) is 0 Å². The van der Waals surface area contributed by atoms with Crippen LogP contribution in [0.2, 0.25) is 0 Å². The molecular weight excluding hydrogens is 216 g/mol. The summed E-state index contributed by atoms with van der Waals surface area (Å²) in [5.41, 5.74) is 2.21. The minimum Gasteiger partial charge on any atom is -0.254 e. The summed E-state index contributed by atoms with van der Waals surface area (Å²) in [6.07, 6.45) is 5.51. The molecule has 90 valence electrons. The first-order chi connectivity index (χ1) is 7.67. The predicted octanol–water partition coefficient (Wildman–Crippen LogP) is 3.88. The standard InChI is InChI=1S/C13H22N2S/c1-5-7-10(3)8-12-9-14-13(16-6-2)11(4)15-12/h9-10H,5-8H2,1-4H3/t10-/m1/s1. The lowest BCUT2D eigenvalue weighted by atomic mass is 10.0. The molecule has 0 unspecified atom stereocenters. The van der Waals surface area contributed by atoms with E-state index >= 15 is 0 Å². The van der Waals surface area contributed by atoms with Crippen LogP contribution < -0.4 is 0 Å². The average Bonchev–Trinajstić information content (AvgIpc) is 2.22. The van der Waals surface area contributed by atoms with Gasteiger partial charge in [-0.3, -0.25) is 4.98 Å². The first-order valence-corrected chi connectivity index (χ1v) is 7.11. The van der Waals surface area contributed by atoms with E-state index < -0.39 is 0 Å². The Morgan fingerprint density at radius 1 is 1.38 bits per heavy atom. The van der Waals surface area contributed by atoms with E-state index in [1.807, 2.05) is 6.20 Å². The molecule has 0 bridgehead atoms. The molecular formula is C13H22N2S. The second-order valence-corrected chi connectivity index (χ2v) is 5.54. The molecule has 1 aromatic heterocycles. The second kappa shape index (κ2) is 6.89. The molecule has 0 spiro atoms. The summed E-state index contributed by atoms with van der Waals surface area (Å²) in [7, 11) is 0. The lowest BCUT2D eigenvalue weighted by Gasteiger charge is -2.10. The molecule has 1 rings (SSSR count). The number of aromatic nitrogens is 2. The quantitative estimate of drug-likeness (QED) is 0.703. The van der Waals surface area contributed by atoms with Gasteiger partial charge in [0, 0.05) is 6.20 Å². The molecule has 1 atom stereocenters. The monoisotopic (exact) mass is 238 g/mol. The van der Waals surface area contributed by atoms with Crippen molar-refractivity contribution in [3.8, 4) is 0 Å². The van der Waals surface area contributed by atoms with E-state index in [2.05, 4.69) is 37.7 Å². The van der Waals surface area contributed by atoms with Crippen LogP contribution in [0.5, 0.6) is 0 Å². The summed E-state index contributed by atoms with van der Waals surface area (Å²) in [4.78, 5) is 9.11. The minimum absolute atomic E-state index is 0.711. The number of nitrogens with zero attached hydrogens (tertiary/aromatic N) is 2. The summed E-state index contributed by atoms with van der Waals surface area (Å²) >= 11 is 1.77. The minimum atomic E-state index is 0.711. The van der Waals surface area contributed by atoms with E-state index in [0.717, 1.165) is 28.6 Å². The summed E-state index contributed by atoms with van der Waals surface area (Å²) in [5, 5.41) is 1.08. The van der Waals surface area contributed by atoms with Gasteiger partial charge >= 0.3 is 0 Å². The van der Waals surface area contributed by atoms with Gasteiger partial charge in [0.05, 0.1) is 11.4 Å². The van der Waals surface area contributed by atoms with Crippen molar-refractivity contribution in [1.82, 2.24) is 9.97 Å². The van der Waals surface area contributed by atoms with E-state index in [9.17, 15) is 0 Å². The van der Waals surface area contributed by atoms with Gasteiger partial charge in [-0.05, 0) is 25.0 Å². The van der Waals surface area contributed by atoms with Gasteiger partial charge in [0.25, 0.3) is 0 Å². The Labute approximate surface area is 103 Å². The topological polar surface area (TPSA) is 25.8 Å². The second-order valence-electron chi connectivity index (χ2n) is 4.28. The third kappa shape index (κ3) is 4.12. The zero-order valence-corrected chi connectivity index (χ0v) is 11.6. The van der Waals surface area contributed by atoms with Crippen LogP contribution in [-0.4, -0.2) is 15.7 Å². The third-order valence-corrected chi connectivity index (χ3v) is 3.53. The number of rotatable bonds is 6. The van der Waals surface area contributed by atoms with Crippen molar-refractivity contribution in [2.24, 2.45) is 5.92 Å². The van der Waals surface area contributed by atoms with Gasteiger partial charge < -0.3 is 0 Å². The van der Waals surface area contributed by atoms with Crippen molar-refractivity contribution in [3.63, 3.8) is 0 Å². The molecule has 16 heavy (non-hydrogen) atoms. The van der Waals surface area contributed by atoms with Crippen molar-refractivity contribution in [2.75, 3.05) is 5.75 Å². The molecule has 0 N–H and O–H groups in total. The Morgan fingerprint density at radius 3 is 2.69 bits per heavy atom. The summed E-state index contributed by atoms with van der Waals surface area (Å²) < 4.78 is 0. The van der Waals surface area contributed by atoms with E-state index in [1.165, 1.54) is 12.8 Å². The van der Waals surface area contributed by atoms with Crippen LogP contribution >= 0.6 is 11.8 Å². The fourth-order valence-corrected chi connectivity index (χ4v) is 2.50. The fraction of sp³-hybridized carbons (Fsp3) is 0.692. The molecule has 2 nitrogen and oxygen atoms in total. The van der Waals surface area contributed by atoms with E-state index in [1.54, 1.807) is 11.8 Å². The molecule has 0 radical (unpaired) electrons. The summed E-state index contributed by atoms with van der Waals surface area (Å²) in [6, 6.07) is 0. The molecule has 0 saturated heterocycles. The van der Waals surface area contributed by atoms with Crippen molar-refractivity contribution < 1.29 is 0 Å². The molecule has 1 aromatic rings. The normalized spacial score (nSPS) is 12.8. The van der Waals surface area contributed by atoms with Crippen molar-refractivity contribution in [3.05, 3.63) is 17.6 Å². The van der Waals surface area contributed by atoms with E-state index in [0.29, 0.717) is 5.92 Å². The van der Waals surface area contributed by atoms with Crippen LogP contribution in [0.15, 0.2) is 11.2 Å². The number of aryl methyl sites for hydroxylation is 1. The van der Waals surface area contributed by atoms with Crippen LogP contribution in [0.1, 0.15) is 45.0 Å². The number of hydrogen-bond donors (Lipinski definition) is 0. The molecule has 0 aromatic carbocycles. The molecule has 0 saturated carbocycles. The Bertz CT molecular complexity index is 326. The molecule has 0 aliphatic heterocycles. The zero-order valence-electron chi connectivity index (χ0n) is 10.8. The zero-order chi connectivity index (χ0) is 12.0. The molecule has 0 aliphatic carbocycles. The van der Waals surface area contributed by atoms with Gasteiger partial charge in [-0.15, -0.1) is 11.8 Å². The highest BCUT2D eigenvalue weighted by molar-refractivity contribution is 7.99. The van der Waals surface area contributed by atoms with Crippen molar-refractivity contribution >= 4 is 11.8 Å². The van der Waals surface area contributed by atoms with Gasteiger partial charge in [-0.1, -0.05) is 33.6 Å². The maximum atomic E-state index is 4.63. The van der Waals surface area contributed by atoms with Gasteiger partial charge in [-0.25, -0.2) is 4.98 Å². The Balaban J connectivity index is 2.65. The number of thioether (sulfide) groups is 1. The third-order valence-electron chi connectivity index (χ3n) is 2.57. The van der Waals surface area contributed by atoms with Gasteiger partial charge in [0.1, 0.15) is 5.03 Å². The molecule has 3 heteroatoms. The fourth-order valence-electron chi connectivity index (χ4n) is 1.85. The molecule has 1 heterocycles. The van der Waals surface area contributed by atoms with Crippen molar-refractivity contribution in [2.45, 2.75) is 52.0 Å². The highest BCUT2D eigenvalue weighted by Gasteiger charge is 2.07. The van der Waals surface area contributed by atoms with Gasteiger partial charge in [-0.2, -0.15) is 0 Å². The number of hydrogen-bond acceptors (Lipinski definition) is 3. The predicted molar refractivity (Wildman–Crippen MR) is 70.9 cm³/mol. The molecule has 0 amide bonds. The van der Waals surface area contributed by atoms with Crippen LogP contribution in [0.4, 0.5) is 0 Å². The van der Waals surface area contributed by atoms with Crippen LogP contribution in [0, 0.1) is 12.8 Å². The molecule has 0 aliphatic rings. The van der Waals surface area contributed by atoms with E-state index in [4.69, 9.17) is 0 Å². The van der Waals surface area contributed by atoms with Crippen molar-refractivity contribution in [1.29, 1.82) is 0 Å². The maximum absolute atomic E-state index is 4.63. The lowest BCUT2D eigenvalue weighted by molar-refractivity contribution is 0.514. The molecule has 0 fully saturated rings. The maximum Gasteiger partial charge on any atom is 0.117 e. The first-order valence-electron chi connectivity index (χ1n) is 6.12. The summed E-state index contributed by atoms with van der Waals surface area (Å²) in [6.45, 7) is 8.71. The highest BCUT2D eigenvalue weighted by atomic mass is 32.2. The Hall–Kier alpha value is -0.570. The lowest BCUT2D eigenvalue weighted by Crippen LogP contribution is -2.04.